The number of unbranched alkanes of at least 4 members (excludes halogenated alkanes) is 2. The predicted molar refractivity (Wildman–Crippen MR) is 98.3 cm³/mol. The lowest BCUT2D eigenvalue weighted by Gasteiger charge is -2.35. The molecule has 126 valence electrons. The summed E-state index contributed by atoms with van der Waals surface area (Å²) in [4.78, 5) is 0. The van der Waals surface area contributed by atoms with Gasteiger partial charge in [0.25, 0.3) is 0 Å². The minimum Gasteiger partial charge on any atom is -0.330 e. The van der Waals surface area contributed by atoms with Gasteiger partial charge in [0.2, 0.25) is 0 Å². The van der Waals surface area contributed by atoms with E-state index in [4.69, 9.17) is 11.5 Å². The second kappa shape index (κ2) is 8.69. The summed E-state index contributed by atoms with van der Waals surface area (Å²) in [6.45, 7) is 11.1. The van der Waals surface area contributed by atoms with Gasteiger partial charge >= 0.3 is 0 Å². The van der Waals surface area contributed by atoms with Crippen molar-refractivity contribution < 1.29 is 0 Å². The number of hydrogen-bond donors (Lipinski definition) is 2. The van der Waals surface area contributed by atoms with Crippen LogP contribution in [0.4, 0.5) is 0 Å². The average Bonchev–Trinajstić information content (AvgIpc) is 2.47. The van der Waals surface area contributed by atoms with Crippen LogP contribution >= 0.6 is 0 Å². The Bertz CT molecular complexity index is 394. The largest absolute Gasteiger partial charge is 0.330 e. The van der Waals surface area contributed by atoms with E-state index in [0.717, 1.165) is 25.9 Å². The molecule has 2 heteroatoms. The zero-order valence-electron chi connectivity index (χ0n) is 15.1. The minimum absolute atomic E-state index is 0.205. The summed E-state index contributed by atoms with van der Waals surface area (Å²) < 4.78 is 0. The molecule has 0 aliphatic heterocycles. The third-order valence-corrected chi connectivity index (χ3v) is 4.90. The van der Waals surface area contributed by atoms with Gasteiger partial charge in [-0.3, -0.25) is 0 Å². The van der Waals surface area contributed by atoms with Crippen LogP contribution in [0.25, 0.3) is 0 Å². The Morgan fingerprint density at radius 3 is 1.36 bits per heavy atom. The Labute approximate surface area is 137 Å². The van der Waals surface area contributed by atoms with Crippen molar-refractivity contribution in [3.8, 4) is 0 Å². The molecule has 0 unspecified atom stereocenters. The lowest BCUT2D eigenvalue weighted by atomic mass is 9.70. The molecule has 0 saturated carbocycles. The molecule has 0 atom stereocenters. The van der Waals surface area contributed by atoms with Crippen molar-refractivity contribution in [1.82, 2.24) is 0 Å². The van der Waals surface area contributed by atoms with Gasteiger partial charge in [0, 0.05) is 0 Å². The minimum atomic E-state index is 0.205. The van der Waals surface area contributed by atoms with E-state index in [1.54, 1.807) is 0 Å². The van der Waals surface area contributed by atoms with Gasteiger partial charge in [-0.2, -0.15) is 0 Å². The fraction of sp³-hybridized carbons (Fsp3) is 0.700. The van der Waals surface area contributed by atoms with Gasteiger partial charge in [0.15, 0.2) is 0 Å². The molecule has 0 radical (unpaired) electrons. The molecule has 0 amide bonds. The SMILES string of the molecule is CC(C)(CCCCN)c1ccccc1C(C)(C)CCCCN. The molecule has 0 fully saturated rings. The Kier molecular flexibility index (Phi) is 7.58. The standard InChI is InChI=1S/C20H36N2/c1-19(2,13-7-9-15-21)17-11-5-6-12-18(17)20(3,4)14-8-10-16-22/h5-6,11-12H,7-10,13-16,21-22H2,1-4H3. The van der Waals surface area contributed by atoms with Crippen molar-refractivity contribution in [2.24, 2.45) is 11.5 Å². The molecule has 0 aliphatic rings. The van der Waals surface area contributed by atoms with Gasteiger partial charge in [-0.05, 0) is 60.7 Å². The topological polar surface area (TPSA) is 52.0 Å². The number of hydrogen-bond acceptors (Lipinski definition) is 2. The Balaban J connectivity index is 2.97. The van der Waals surface area contributed by atoms with Gasteiger partial charge in [-0.25, -0.2) is 0 Å². The first-order chi connectivity index (χ1) is 10.3. The molecular formula is C20H36N2. The molecule has 0 aromatic heterocycles. The monoisotopic (exact) mass is 304 g/mol. The van der Waals surface area contributed by atoms with E-state index in [9.17, 15) is 0 Å². The molecule has 22 heavy (non-hydrogen) atoms. The first-order valence-corrected chi connectivity index (χ1v) is 8.85. The molecule has 0 bridgehead atoms. The van der Waals surface area contributed by atoms with E-state index in [-0.39, 0.29) is 10.8 Å². The van der Waals surface area contributed by atoms with Crippen LogP contribution in [0.5, 0.6) is 0 Å². The average molecular weight is 305 g/mol. The molecule has 0 saturated heterocycles. The zero-order valence-corrected chi connectivity index (χ0v) is 15.1. The quantitative estimate of drug-likeness (QED) is 0.625. The van der Waals surface area contributed by atoms with Crippen LogP contribution < -0.4 is 11.5 Å². The lowest BCUT2D eigenvalue weighted by Crippen LogP contribution is -2.26. The highest BCUT2D eigenvalue weighted by Gasteiger charge is 2.29. The van der Waals surface area contributed by atoms with Crippen molar-refractivity contribution in [3.63, 3.8) is 0 Å². The summed E-state index contributed by atoms with van der Waals surface area (Å²) in [5.74, 6) is 0. The van der Waals surface area contributed by atoms with E-state index in [1.165, 1.54) is 36.8 Å². The second-order valence-electron chi connectivity index (χ2n) is 7.80. The first-order valence-electron chi connectivity index (χ1n) is 8.85. The molecule has 2 nitrogen and oxygen atoms in total. The molecule has 1 rings (SSSR count). The maximum atomic E-state index is 5.65. The fourth-order valence-electron chi connectivity index (χ4n) is 3.36. The maximum Gasteiger partial charge on any atom is -0.00773 e. The second-order valence-corrected chi connectivity index (χ2v) is 7.80. The molecule has 1 aromatic carbocycles. The van der Waals surface area contributed by atoms with Crippen molar-refractivity contribution in [1.29, 1.82) is 0 Å². The fourth-order valence-corrected chi connectivity index (χ4v) is 3.36. The van der Waals surface area contributed by atoms with Crippen LogP contribution in [0.1, 0.15) is 77.3 Å². The molecule has 4 N–H and O–H groups in total. The van der Waals surface area contributed by atoms with E-state index >= 15 is 0 Å². The van der Waals surface area contributed by atoms with Crippen LogP contribution in [-0.2, 0) is 10.8 Å². The summed E-state index contributed by atoms with van der Waals surface area (Å²) >= 11 is 0. The van der Waals surface area contributed by atoms with E-state index in [1.807, 2.05) is 0 Å². The van der Waals surface area contributed by atoms with Gasteiger partial charge in [0.05, 0.1) is 0 Å². The van der Waals surface area contributed by atoms with Crippen molar-refractivity contribution >= 4 is 0 Å². The van der Waals surface area contributed by atoms with Gasteiger partial charge in [0.1, 0.15) is 0 Å². The van der Waals surface area contributed by atoms with E-state index < -0.39 is 0 Å². The number of rotatable bonds is 10. The normalized spacial score (nSPS) is 12.6. The third-order valence-electron chi connectivity index (χ3n) is 4.90. The van der Waals surface area contributed by atoms with E-state index in [0.29, 0.717) is 0 Å². The molecule has 0 spiro atoms. The summed E-state index contributed by atoms with van der Waals surface area (Å²) in [6.07, 6.45) is 7.02. The van der Waals surface area contributed by atoms with Crippen molar-refractivity contribution in [2.75, 3.05) is 13.1 Å². The summed E-state index contributed by atoms with van der Waals surface area (Å²) in [5.41, 5.74) is 14.7. The predicted octanol–water partition coefficient (Wildman–Crippen LogP) is 4.50. The molecular weight excluding hydrogens is 268 g/mol. The lowest BCUT2D eigenvalue weighted by molar-refractivity contribution is 0.412. The Morgan fingerprint density at radius 2 is 1.05 bits per heavy atom. The Morgan fingerprint density at radius 1 is 0.682 bits per heavy atom. The summed E-state index contributed by atoms with van der Waals surface area (Å²) in [7, 11) is 0. The smallest absolute Gasteiger partial charge is 0.00773 e. The van der Waals surface area contributed by atoms with Crippen molar-refractivity contribution in [2.45, 2.75) is 77.0 Å². The Hall–Kier alpha value is -0.860. The zero-order chi connectivity index (χ0) is 16.6. The number of benzene rings is 1. The van der Waals surface area contributed by atoms with Crippen LogP contribution in [0, 0.1) is 0 Å². The van der Waals surface area contributed by atoms with Gasteiger partial charge in [-0.15, -0.1) is 0 Å². The highest BCUT2D eigenvalue weighted by atomic mass is 14.5. The highest BCUT2D eigenvalue weighted by Crippen LogP contribution is 2.39. The number of nitrogens with two attached hydrogens (primary N) is 2. The van der Waals surface area contributed by atoms with Crippen LogP contribution in [0.2, 0.25) is 0 Å². The van der Waals surface area contributed by atoms with Gasteiger partial charge < -0.3 is 11.5 Å². The maximum absolute atomic E-state index is 5.65. The van der Waals surface area contributed by atoms with Crippen molar-refractivity contribution in [3.05, 3.63) is 35.4 Å². The molecule has 1 aromatic rings. The first kappa shape index (κ1) is 19.2. The van der Waals surface area contributed by atoms with Crippen LogP contribution in [0.3, 0.4) is 0 Å². The summed E-state index contributed by atoms with van der Waals surface area (Å²) in [5, 5.41) is 0. The molecule has 0 heterocycles. The summed E-state index contributed by atoms with van der Waals surface area (Å²) in [6, 6.07) is 9.00. The highest BCUT2D eigenvalue weighted by molar-refractivity contribution is 5.38. The van der Waals surface area contributed by atoms with Crippen LogP contribution in [0.15, 0.2) is 24.3 Å². The molecule has 0 aliphatic carbocycles. The van der Waals surface area contributed by atoms with Gasteiger partial charge in [-0.1, -0.05) is 64.8 Å². The third kappa shape index (κ3) is 5.40. The van der Waals surface area contributed by atoms with E-state index in [2.05, 4.69) is 52.0 Å². The van der Waals surface area contributed by atoms with Crippen LogP contribution in [-0.4, -0.2) is 13.1 Å².